The predicted molar refractivity (Wildman–Crippen MR) is 59.1 cm³/mol. The number of carboxylic acid groups (broad SMARTS) is 2. The molecule has 3 unspecified atom stereocenters. The molecule has 0 aromatic rings. The Morgan fingerprint density at radius 3 is 2.31 bits per heavy atom. The Balaban J connectivity index is 3.07. The van der Waals surface area contributed by atoms with Gasteiger partial charge in [0.2, 0.25) is 0 Å². The number of rotatable bonds is 4. The molecule has 0 aliphatic heterocycles. The number of carboxylic acids is 2. The molecular formula is C12H20O4. The number of carbonyl (C=O) groups is 2. The van der Waals surface area contributed by atoms with Crippen LogP contribution in [0, 0.1) is 17.3 Å². The highest BCUT2D eigenvalue weighted by Crippen LogP contribution is 2.48. The Bertz CT molecular complexity index is 287. The summed E-state index contributed by atoms with van der Waals surface area (Å²) in [6, 6.07) is 0. The minimum absolute atomic E-state index is 0.235. The average molecular weight is 228 g/mol. The van der Waals surface area contributed by atoms with Gasteiger partial charge in [-0.3, -0.25) is 9.59 Å². The minimum atomic E-state index is -0.842. The first-order valence-electron chi connectivity index (χ1n) is 5.95. The summed E-state index contributed by atoms with van der Waals surface area (Å²) in [5.74, 6) is -2.39. The fraction of sp³-hybridized carbons (Fsp3) is 0.833. The smallest absolute Gasteiger partial charge is 0.309 e. The summed E-state index contributed by atoms with van der Waals surface area (Å²) >= 11 is 0. The third-order valence-electron chi connectivity index (χ3n) is 4.15. The van der Waals surface area contributed by atoms with Crippen LogP contribution in [0.1, 0.15) is 46.0 Å². The van der Waals surface area contributed by atoms with E-state index in [1.807, 2.05) is 13.8 Å². The van der Waals surface area contributed by atoms with Crippen LogP contribution in [0.15, 0.2) is 0 Å². The lowest BCUT2D eigenvalue weighted by Crippen LogP contribution is -2.46. The van der Waals surface area contributed by atoms with Gasteiger partial charge in [0, 0.05) is 0 Å². The fourth-order valence-corrected chi connectivity index (χ4v) is 3.24. The van der Waals surface area contributed by atoms with Crippen LogP contribution in [0.5, 0.6) is 0 Å². The van der Waals surface area contributed by atoms with Crippen molar-refractivity contribution in [3.63, 3.8) is 0 Å². The van der Waals surface area contributed by atoms with Crippen molar-refractivity contribution in [3.05, 3.63) is 0 Å². The first-order valence-corrected chi connectivity index (χ1v) is 5.95. The van der Waals surface area contributed by atoms with E-state index in [1.54, 1.807) is 0 Å². The second kappa shape index (κ2) is 4.85. The second-order valence-electron chi connectivity index (χ2n) is 4.67. The highest BCUT2D eigenvalue weighted by atomic mass is 16.4. The van der Waals surface area contributed by atoms with E-state index in [4.69, 9.17) is 5.11 Å². The average Bonchev–Trinajstić information content (AvgIpc) is 2.27. The van der Waals surface area contributed by atoms with E-state index >= 15 is 0 Å². The van der Waals surface area contributed by atoms with Crippen molar-refractivity contribution in [2.45, 2.75) is 46.0 Å². The van der Waals surface area contributed by atoms with E-state index < -0.39 is 23.3 Å². The highest BCUT2D eigenvalue weighted by molar-refractivity contribution is 5.78. The third-order valence-corrected chi connectivity index (χ3v) is 4.15. The molecular weight excluding hydrogens is 208 g/mol. The molecule has 0 heterocycles. The largest absolute Gasteiger partial charge is 0.481 e. The molecule has 0 aromatic heterocycles. The van der Waals surface area contributed by atoms with Crippen LogP contribution in [0.25, 0.3) is 0 Å². The molecule has 3 atom stereocenters. The maximum absolute atomic E-state index is 11.5. The first kappa shape index (κ1) is 13.0. The molecule has 4 heteroatoms. The maximum Gasteiger partial charge on any atom is 0.309 e. The van der Waals surface area contributed by atoms with Gasteiger partial charge in [0.25, 0.3) is 0 Å². The van der Waals surface area contributed by atoms with Gasteiger partial charge < -0.3 is 10.2 Å². The van der Waals surface area contributed by atoms with E-state index in [2.05, 4.69) is 0 Å². The number of aliphatic carboxylic acids is 2. The lowest BCUT2D eigenvalue weighted by molar-refractivity contribution is -0.163. The lowest BCUT2D eigenvalue weighted by atomic mass is 9.59. The highest BCUT2D eigenvalue weighted by Gasteiger charge is 2.50. The molecule has 1 rings (SSSR count). The van der Waals surface area contributed by atoms with E-state index in [9.17, 15) is 14.7 Å². The molecule has 1 aliphatic rings. The first-order chi connectivity index (χ1) is 7.49. The van der Waals surface area contributed by atoms with Gasteiger partial charge in [-0.2, -0.15) is 0 Å². The second-order valence-corrected chi connectivity index (χ2v) is 4.67. The molecule has 0 bridgehead atoms. The van der Waals surface area contributed by atoms with Crippen molar-refractivity contribution in [2.24, 2.45) is 17.3 Å². The molecule has 1 aliphatic carbocycles. The molecule has 0 saturated heterocycles. The van der Waals surface area contributed by atoms with E-state index in [0.29, 0.717) is 32.1 Å². The maximum atomic E-state index is 11.5. The Labute approximate surface area is 95.7 Å². The summed E-state index contributed by atoms with van der Waals surface area (Å²) < 4.78 is 0. The standard InChI is InChI=1S/C12H20O4/c1-3-9-8(10(13)14)6-5-7-12(9,4-2)11(15)16/h8-9H,3-7H2,1-2H3,(H,13,14)(H,15,16). The Kier molecular flexibility index (Phi) is 3.94. The van der Waals surface area contributed by atoms with Crippen molar-refractivity contribution in [2.75, 3.05) is 0 Å². The zero-order chi connectivity index (χ0) is 12.3. The van der Waals surface area contributed by atoms with Gasteiger partial charge in [-0.15, -0.1) is 0 Å². The molecule has 0 radical (unpaired) electrons. The molecule has 0 aromatic carbocycles. The van der Waals surface area contributed by atoms with Gasteiger partial charge in [0.05, 0.1) is 11.3 Å². The van der Waals surface area contributed by atoms with E-state index in [-0.39, 0.29) is 5.92 Å². The SMILES string of the molecule is CCC1C(C(=O)O)CCCC1(CC)C(=O)O. The molecule has 1 fully saturated rings. The van der Waals surface area contributed by atoms with E-state index in [0.717, 1.165) is 0 Å². The van der Waals surface area contributed by atoms with Crippen molar-refractivity contribution in [3.8, 4) is 0 Å². The van der Waals surface area contributed by atoms with Gasteiger partial charge in [-0.1, -0.05) is 26.7 Å². The van der Waals surface area contributed by atoms with Crippen LogP contribution >= 0.6 is 0 Å². The van der Waals surface area contributed by atoms with Crippen LogP contribution < -0.4 is 0 Å². The summed E-state index contributed by atoms with van der Waals surface area (Å²) in [6.45, 7) is 3.74. The normalized spacial score (nSPS) is 34.6. The lowest BCUT2D eigenvalue weighted by Gasteiger charge is -2.43. The van der Waals surface area contributed by atoms with Gasteiger partial charge >= 0.3 is 11.9 Å². The zero-order valence-electron chi connectivity index (χ0n) is 9.90. The van der Waals surface area contributed by atoms with Gasteiger partial charge in [0.15, 0.2) is 0 Å². The Hall–Kier alpha value is -1.06. The molecule has 1 saturated carbocycles. The summed E-state index contributed by atoms with van der Waals surface area (Å²) in [6.07, 6.45) is 3.07. The Morgan fingerprint density at radius 2 is 1.94 bits per heavy atom. The minimum Gasteiger partial charge on any atom is -0.481 e. The van der Waals surface area contributed by atoms with Gasteiger partial charge in [-0.05, 0) is 25.2 Å². The van der Waals surface area contributed by atoms with Crippen molar-refractivity contribution < 1.29 is 19.8 Å². The van der Waals surface area contributed by atoms with Crippen molar-refractivity contribution in [1.82, 2.24) is 0 Å². The zero-order valence-corrected chi connectivity index (χ0v) is 9.90. The van der Waals surface area contributed by atoms with Crippen LogP contribution in [0.3, 0.4) is 0 Å². The van der Waals surface area contributed by atoms with Crippen LogP contribution in [-0.2, 0) is 9.59 Å². The van der Waals surface area contributed by atoms with E-state index in [1.165, 1.54) is 0 Å². The monoisotopic (exact) mass is 228 g/mol. The van der Waals surface area contributed by atoms with Gasteiger partial charge in [0.1, 0.15) is 0 Å². The topological polar surface area (TPSA) is 74.6 Å². The third kappa shape index (κ3) is 1.93. The fourth-order valence-electron chi connectivity index (χ4n) is 3.24. The van der Waals surface area contributed by atoms with Crippen LogP contribution in [0.4, 0.5) is 0 Å². The molecule has 92 valence electrons. The summed E-state index contributed by atoms with van der Waals surface area (Å²) in [5, 5.41) is 18.6. The molecule has 16 heavy (non-hydrogen) atoms. The number of hydrogen-bond donors (Lipinski definition) is 2. The quantitative estimate of drug-likeness (QED) is 0.774. The molecule has 0 spiro atoms. The molecule has 2 N–H and O–H groups in total. The number of hydrogen-bond acceptors (Lipinski definition) is 2. The van der Waals surface area contributed by atoms with Crippen LogP contribution in [-0.4, -0.2) is 22.2 Å². The van der Waals surface area contributed by atoms with Crippen LogP contribution in [0.2, 0.25) is 0 Å². The molecule has 4 nitrogen and oxygen atoms in total. The van der Waals surface area contributed by atoms with Crippen molar-refractivity contribution >= 4 is 11.9 Å². The summed E-state index contributed by atoms with van der Waals surface area (Å²) in [5.41, 5.74) is -0.823. The Morgan fingerprint density at radius 1 is 1.31 bits per heavy atom. The summed E-state index contributed by atoms with van der Waals surface area (Å²) in [4.78, 5) is 22.6. The summed E-state index contributed by atoms with van der Waals surface area (Å²) in [7, 11) is 0. The van der Waals surface area contributed by atoms with Gasteiger partial charge in [-0.25, -0.2) is 0 Å². The van der Waals surface area contributed by atoms with Crippen molar-refractivity contribution in [1.29, 1.82) is 0 Å². The predicted octanol–water partition coefficient (Wildman–Crippen LogP) is 2.38. The molecule has 0 amide bonds.